The third-order valence-corrected chi connectivity index (χ3v) is 6.84. The number of nitrogens with one attached hydrogen (secondary N) is 1. The van der Waals surface area contributed by atoms with Gasteiger partial charge >= 0.3 is 0 Å². The van der Waals surface area contributed by atoms with Crippen molar-refractivity contribution in [2.45, 2.75) is 51.0 Å². The number of pyridine rings is 1. The Bertz CT molecular complexity index is 1050. The van der Waals surface area contributed by atoms with Gasteiger partial charge in [-0.05, 0) is 74.4 Å². The van der Waals surface area contributed by atoms with Crippen LogP contribution in [-0.2, 0) is 0 Å². The van der Waals surface area contributed by atoms with E-state index in [0.717, 1.165) is 48.0 Å². The van der Waals surface area contributed by atoms with Gasteiger partial charge in [-0.2, -0.15) is 0 Å². The molecule has 30 heavy (non-hydrogen) atoms. The molecule has 1 aliphatic rings. The molecule has 156 valence electrons. The van der Waals surface area contributed by atoms with Crippen molar-refractivity contribution in [1.29, 1.82) is 0 Å². The first-order chi connectivity index (χ1) is 14.4. The van der Waals surface area contributed by atoms with Gasteiger partial charge in [-0.15, -0.1) is 0 Å². The van der Waals surface area contributed by atoms with Crippen molar-refractivity contribution in [3.8, 4) is 0 Å². The normalized spacial score (nSPS) is 22.6. The Morgan fingerprint density at radius 2 is 1.87 bits per heavy atom. The molecule has 1 saturated carbocycles. The zero-order chi connectivity index (χ0) is 21.3. The first kappa shape index (κ1) is 20.5. The summed E-state index contributed by atoms with van der Waals surface area (Å²) in [7, 11) is 0. The Morgan fingerprint density at radius 3 is 2.57 bits per heavy atom. The average molecular weight is 404 g/mol. The highest BCUT2D eigenvalue weighted by Crippen LogP contribution is 2.43. The number of halogens is 1. The molecule has 1 aliphatic carbocycles. The van der Waals surface area contributed by atoms with E-state index < -0.39 is 0 Å². The van der Waals surface area contributed by atoms with Crippen molar-refractivity contribution >= 4 is 16.6 Å². The second-order valence-corrected chi connectivity index (χ2v) is 8.81. The lowest BCUT2D eigenvalue weighted by Gasteiger charge is -2.42. The standard InChI is InChI=1S/C26H30FN3/c1-17-4-7-22(8-5-17)30-19(3)18(2)26(28)13-10-20(11-14-26)23-12-15-29-25-16-21(27)6-9-24(23)25/h4-9,12,15-16,18,20,30H,3,10-11,13-14,28H2,1-2H3. The molecular weight excluding hydrogens is 373 g/mol. The lowest BCUT2D eigenvalue weighted by atomic mass is 9.68. The van der Waals surface area contributed by atoms with Gasteiger partial charge in [0.05, 0.1) is 5.52 Å². The van der Waals surface area contributed by atoms with E-state index in [4.69, 9.17) is 5.73 Å². The number of anilines is 1. The van der Waals surface area contributed by atoms with Crippen LogP contribution in [0.15, 0.2) is 67.0 Å². The quantitative estimate of drug-likeness (QED) is 0.526. The molecule has 4 heteroatoms. The first-order valence-corrected chi connectivity index (χ1v) is 10.7. The van der Waals surface area contributed by atoms with Gasteiger partial charge < -0.3 is 11.1 Å². The Labute approximate surface area is 178 Å². The van der Waals surface area contributed by atoms with Gasteiger partial charge in [0.2, 0.25) is 0 Å². The summed E-state index contributed by atoms with van der Waals surface area (Å²) in [5, 5.41) is 4.49. The topological polar surface area (TPSA) is 50.9 Å². The van der Waals surface area contributed by atoms with Gasteiger partial charge in [-0.3, -0.25) is 4.98 Å². The van der Waals surface area contributed by atoms with Crippen LogP contribution in [0.2, 0.25) is 0 Å². The van der Waals surface area contributed by atoms with Gasteiger partial charge in [-0.1, -0.05) is 31.2 Å². The zero-order valence-electron chi connectivity index (χ0n) is 17.8. The van der Waals surface area contributed by atoms with Gasteiger partial charge in [0, 0.05) is 40.5 Å². The maximum absolute atomic E-state index is 13.6. The molecule has 1 unspecified atom stereocenters. The molecule has 4 rings (SSSR count). The molecule has 0 amide bonds. The SMILES string of the molecule is C=C(Nc1ccc(C)cc1)C(C)C1(N)CCC(c2ccnc3cc(F)ccc23)CC1. The molecular formula is C26H30FN3. The Morgan fingerprint density at radius 1 is 1.17 bits per heavy atom. The van der Waals surface area contributed by atoms with E-state index in [1.54, 1.807) is 6.20 Å². The highest BCUT2D eigenvalue weighted by Gasteiger charge is 2.38. The smallest absolute Gasteiger partial charge is 0.125 e. The second kappa shape index (κ2) is 8.19. The number of nitrogens with zero attached hydrogens (tertiary/aromatic N) is 1. The number of hydrogen-bond donors (Lipinski definition) is 2. The highest BCUT2D eigenvalue weighted by molar-refractivity contribution is 5.82. The van der Waals surface area contributed by atoms with Crippen molar-refractivity contribution in [2.24, 2.45) is 11.7 Å². The molecule has 0 radical (unpaired) electrons. The summed E-state index contributed by atoms with van der Waals surface area (Å²) in [5.74, 6) is 0.330. The van der Waals surface area contributed by atoms with Crippen LogP contribution >= 0.6 is 0 Å². The van der Waals surface area contributed by atoms with Crippen molar-refractivity contribution in [3.63, 3.8) is 0 Å². The third kappa shape index (κ3) is 4.10. The molecule has 1 atom stereocenters. The van der Waals surface area contributed by atoms with Crippen molar-refractivity contribution < 1.29 is 4.39 Å². The van der Waals surface area contributed by atoms with Gasteiger partial charge in [-0.25, -0.2) is 4.39 Å². The van der Waals surface area contributed by atoms with Crippen molar-refractivity contribution in [1.82, 2.24) is 4.98 Å². The summed E-state index contributed by atoms with van der Waals surface area (Å²) in [6, 6.07) is 15.3. The second-order valence-electron chi connectivity index (χ2n) is 8.81. The van der Waals surface area contributed by atoms with Crippen LogP contribution < -0.4 is 11.1 Å². The Balaban J connectivity index is 1.45. The summed E-state index contributed by atoms with van der Waals surface area (Å²) < 4.78 is 13.6. The highest BCUT2D eigenvalue weighted by atomic mass is 19.1. The Hall–Kier alpha value is -2.72. The monoisotopic (exact) mass is 403 g/mol. The largest absolute Gasteiger partial charge is 0.359 e. The lowest BCUT2D eigenvalue weighted by molar-refractivity contribution is 0.217. The number of nitrogens with two attached hydrogens (primary N) is 1. The number of benzene rings is 2. The average Bonchev–Trinajstić information content (AvgIpc) is 2.74. The minimum atomic E-state index is -0.278. The molecule has 1 fully saturated rings. The summed E-state index contributed by atoms with van der Waals surface area (Å²) in [5.41, 5.74) is 11.8. The minimum absolute atomic E-state index is 0.156. The van der Waals surface area contributed by atoms with Crippen LogP contribution in [0.3, 0.4) is 0 Å². The summed E-state index contributed by atoms with van der Waals surface area (Å²) in [6.07, 6.45) is 5.67. The summed E-state index contributed by atoms with van der Waals surface area (Å²) in [4.78, 5) is 4.34. The van der Waals surface area contributed by atoms with Crippen LogP contribution in [-0.4, -0.2) is 10.5 Å². The fourth-order valence-corrected chi connectivity index (χ4v) is 4.68. The molecule has 3 aromatic rings. The summed E-state index contributed by atoms with van der Waals surface area (Å²) >= 11 is 0. The molecule has 0 spiro atoms. The van der Waals surface area contributed by atoms with E-state index >= 15 is 0 Å². The maximum Gasteiger partial charge on any atom is 0.125 e. The number of aromatic nitrogens is 1. The number of rotatable bonds is 5. The number of hydrogen-bond acceptors (Lipinski definition) is 3. The third-order valence-electron chi connectivity index (χ3n) is 6.84. The van der Waals surface area contributed by atoms with Gasteiger partial charge in [0.1, 0.15) is 5.82 Å². The fraction of sp³-hybridized carbons (Fsp3) is 0.346. The zero-order valence-corrected chi connectivity index (χ0v) is 17.8. The van der Waals surface area contributed by atoms with Crippen LogP contribution in [0.4, 0.5) is 10.1 Å². The molecule has 3 nitrogen and oxygen atoms in total. The maximum atomic E-state index is 13.6. The number of fused-ring (bicyclic) bond motifs is 1. The molecule has 0 aliphatic heterocycles. The molecule has 1 heterocycles. The first-order valence-electron chi connectivity index (χ1n) is 10.7. The van der Waals surface area contributed by atoms with E-state index in [1.165, 1.54) is 23.3 Å². The van der Waals surface area contributed by atoms with Crippen molar-refractivity contribution in [3.05, 3.63) is 83.9 Å². The molecule has 2 aromatic carbocycles. The summed E-state index contributed by atoms with van der Waals surface area (Å²) in [6.45, 7) is 8.54. The molecule has 1 aromatic heterocycles. The van der Waals surface area contributed by atoms with Crippen LogP contribution in [0.1, 0.15) is 49.7 Å². The van der Waals surface area contributed by atoms with Crippen LogP contribution in [0.25, 0.3) is 10.9 Å². The van der Waals surface area contributed by atoms with E-state index in [1.807, 2.05) is 6.07 Å². The number of aryl methyl sites for hydroxylation is 1. The van der Waals surface area contributed by atoms with Crippen LogP contribution in [0.5, 0.6) is 0 Å². The lowest BCUT2D eigenvalue weighted by Crippen LogP contribution is -2.49. The minimum Gasteiger partial charge on any atom is -0.359 e. The van der Waals surface area contributed by atoms with Gasteiger partial charge in [0.25, 0.3) is 0 Å². The Kier molecular flexibility index (Phi) is 5.61. The van der Waals surface area contributed by atoms with E-state index in [0.29, 0.717) is 5.92 Å². The van der Waals surface area contributed by atoms with E-state index in [9.17, 15) is 4.39 Å². The predicted molar refractivity (Wildman–Crippen MR) is 123 cm³/mol. The van der Waals surface area contributed by atoms with E-state index in [2.05, 4.69) is 61.1 Å². The van der Waals surface area contributed by atoms with E-state index in [-0.39, 0.29) is 17.3 Å². The molecule has 0 saturated heterocycles. The van der Waals surface area contributed by atoms with Crippen LogP contribution in [0, 0.1) is 18.7 Å². The van der Waals surface area contributed by atoms with Crippen molar-refractivity contribution in [2.75, 3.05) is 5.32 Å². The molecule has 0 bridgehead atoms. The predicted octanol–water partition coefficient (Wildman–Crippen LogP) is 6.30. The fourth-order valence-electron chi connectivity index (χ4n) is 4.68. The molecule has 3 N–H and O–H groups in total. The van der Waals surface area contributed by atoms with Gasteiger partial charge in [0.15, 0.2) is 0 Å².